The van der Waals surface area contributed by atoms with Gasteiger partial charge in [0, 0.05) is 20.8 Å². The van der Waals surface area contributed by atoms with E-state index < -0.39 is 48.6 Å². The van der Waals surface area contributed by atoms with E-state index in [1.54, 1.807) is 6.07 Å². The first-order valence-corrected chi connectivity index (χ1v) is 6.01. The van der Waals surface area contributed by atoms with E-state index in [4.69, 9.17) is 24.2 Å². The second kappa shape index (κ2) is 7.01. The Morgan fingerprint density at radius 3 is 2.05 bits per heavy atom. The number of ether oxygens (including phenoxy) is 4. The number of hydrogen-bond acceptors (Lipinski definition) is 9. The average Bonchev–Trinajstić information content (AvgIpc) is 2.63. The lowest BCUT2D eigenvalue weighted by molar-refractivity contribution is -0.175. The largest absolute Gasteiger partial charge is 0.455 e. The van der Waals surface area contributed by atoms with Crippen LogP contribution in [-0.4, -0.2) is 53.7 Å². The fraction of sp³-hybridized carbons (Fsp3) is 0.667. The highest BCUT2D eigenvalue weighted by Crippen LogP contribution is 2.29. The molecule has 116 valence electrons. The molecule has 1 heterocycles. The number of esters is 3. The van der Waals surface area contributed by atoms with E-state index in [9.17, 15) is 19.5 Å². The SMILES string of the molecule is CC(=O)OC(C#N)[C@H]1OC(O)[C@@H](OC(C)=O)[C@@H]1OC(C)=O. The summed E-state index contributed by atoms with van der Waals surface area (Å²) in [6, 6.07) is 1.66. The molecule has 0 radical (unpaired) electrons. The fourth-order valence-electron chi connectivity index (χ4n) is 1.90. The number of hydrogen-bond donors (Lipinski definition) is 1. The number of aliphatic hydroxyl groups is 1. The molecule has 1 saturated heterocycles. The molecule has 0 aromatic rings. The van der Waals surface area contributed by atoms with Gasteiger partial charge in [0.05, 0.1) is 0 Å². The number of nitrogens with zero attached hydrogens (tertiary/aromatic N) is 1. The molecule has 1 N–H and O–H groups in total. The molecular weight excluding hydrogens is 286 g/mol. The Labute approximate surface area is 120 Å². The van der Waals surface area contributed by atoms with Gasteiger partial charge in [-0.25, -0.2) is 0 Å². The van der Waals surface area contributed by atoms with Crippen molar-refractivity contribution in [1.29, 1.82) is 5.26 Å². The normalized spacial score (nSPS) is 29.1. The van der Waals surface area contributed by atoms with Gasteiger partial charge in [0.1, 0.15) is 6.07 Å². The van der Waals surface area contributed by atoms with Gasteiger partial charge in [0.15, 0.2) is 24.6 Å². The van der Waals surface area contributed by atoms with Crippen LogP contribution in [0.25, 0.3) is 0 Å². The summed E-state index contributed by atoms with van der Waals surface area (Å²) >= 11 is 0. The molecule has 1 aliphatic rings. The molecular formula is C12H15NO8. The minimum absolute atomic E-state index is 0.735. The minimum Gasteiger partial charge on any atom is -0.455 e. The van der Waals surface area contributed by atoms with Gasteiger partial charge in [-0.15, -0.1) is 0 Å². The lowest BCUT2D eigenvalue weighted by Gasteiger charge is -2.24. The summed E-state index contributed by atoms with van der Waals surface area (Å²) in [4.78, 5) is 33.1. The molecule has 0 spiro atoms. The Bertz CT molecular complexity index is 470. The summed E-state index contributed by atoms with van der Waals surface area (Å²) in [5, 5.41) is 18.7. The lowest BCUT2D eigenvalue weighted by atomic mass is 10.1. The number of aliphatic hydroxyl groups excluding tert-OH is 1. The maximum absolute atomic E-state index is 11.1. The highest BCUT2D eigenvalue weighted by molar-refractivity contribution is 5.68. The van der Waals surface area contributed by atoms with Crippen molar-refractivity contribution >= 4 is 17.9 Å². The topological polar surface area (TPSA) is 132 Å². The monoisotopic (exact) mass is 301 g/mol. The van der Waals surface area contributed by atoms with E-state index in [1.807, 2.05) is 0 Å². The minimum atomic E-state index is -1.62. The molecule has 0 saturated carbocycles. The van der Waals surface area contributed by atoms with Crippen LogP contribution in [-0.2, 0) is 33.3 Å². The summed E-state index contributed by atoms with van der Waals surface area (Å²) in [5.74, 6) is -2.22. The smallest absolute Gasteiger partial charge is 0.304 e. The molecule has 5 atom stereocenters. The van der Waals surface area contributed by atoms with Gasteiger partial charge in [-0.1, -0.05) is 0 Å². The second-order valence-electron chi connectivity index (χ2n) is 4.30. The van der Waals surface area contributed by atoms with E-state index in [0.29, 0.717) is 0 Å². The zero-order valence-electron chi connectivity index (χ0n) is 11.6. The Kier molecular flexibility index (Phi) is 5.63. The highest BCUT2D eigenvalue weighted by Gasteiger charge is 2.52. The van der Waals surface area contributed by atoms with E-state index in [-0.39, 0.29) is 0 Å². The van der Waals surface area contributed by atoms with Gasteiger partial charge in [0.2, 0.25) is 6.10 Å². The molecule has 0 bridgehead atoms. The quantitative estimate of drug-likeness (QED) is 0.514. The first-order chi connectivity index (χ1) is 9.76. The molecule has 0 aromatic heterocycles. The summed E-state index contributed by atoms with van der Waals surface area (Å²) < 4.78 is 19.5. The van der Waals surface area contributed by atoms with Gasteiger partial charge in [-0.2, -0.15) is 5.26 Å². The van der Waals surface area contributed by atoms with Crippen LogP contribution in [0.15, 0.2) is 0 Å². The number of carbonyl (C=O) groups excluding carboxylic acids is 3. The Balaban J connectivity index is 3.00. The molecule has 2 unspecified atom stereocenters. The molecule has 0 aromatic carbocycles. The maximum atomic E-state index is 11.1. The van der Waals surface area contributed by atoms with Gasteiger partial charge in [0.25, 0.3) is 0 Å². The van der Waals surface area contributed by atoms with Crippen molar-refractivity contribution in [2.45, 2.75) is 51.5 Å². The number of nitriles is 1. The van der Waals surface area contributed by atoms with Crippen molar-refractivity contribution in [2.75, 3.05) is 0 Å². The van der Waals surface area contributed by atoms with Crippen LogP contribution < -0.4 is 0 Å². The van der Waals surface area contributed by atoms with Crippen LogP contribution in [0, 0.1) is 11.3 Å². The predicted molar refractivity (Wildman–Crippen MR) is 63.2 cm³/mol. The van der Waals surface area contributed by atoms with Crippen LogP contribution in [0.5, 0.6) is 0 Å². The van der Waals surface area contributed by atoms with Crippen LogP contribution in [0.1, 0.15) is 20.8 Å². The second-order valence-corrected chi connectivity index (χ2v) is 4.30. The van der Waals surface area contributed by atoms with E-state index >= 15 is 0 Å². The third kappa shape index (κ3) is 4.40. The van der Waals surface area contributed by atoms with Crippen molar-refractivity contribution in [3.63, 3.8) is 0 Å². The van der Waals surface area contributed by atoms with Crippen LogP contribution in [0.2, 0.25) is 0 Å². The maximum Gasteiger partial charge on any atom is 0.304 e. The molecule has 0 amide bonds. The van der Waals surface area contributed by atoms with Gasteiger partial charge in [-0.05, 0) is 0 Å². The number of rotatable bonds is 4. The van der Waals surface area contributed by atoms with Crippen molar-refractivity contribution in [3.05, 3.63) is 0 Å². The zero-order chi connectivity index (χ0) is 16.2. The third-order valence-electron chi connectivity index (χ3n) is 2.55. The fourth-order valence-corrected chi connectivity index (χ4v) is 1.90. The van der Waals surface area contributed by atoms with E-state index in [2.05, 4.69) is 0 Å². The Morgan fingerprint density at radius 1 is 1.10 bits per heavy atom. The average molecular weight is 301 g/mol. The zero-order valence-corrected chi connectivity index (χ0v) is 11.6. The van der Waals surface area contributed by atoms with Gasteiger partial charge >= 0.3 is 17.9 Å². The Morgan fingerprint density at radius 2 is 1.62 bits per heavy atom. The van der Waals surface area contributed by atoms with Crippen molar-refractivity contribution in [3.8, 4) is 6.07 Å². The Hall–Kier alpha value is -2.18. The highest BCUT2D eigenvalue weighted by atomic mass is 16.7. The molecule has 21 heavy (non-hydrogen) atoms. The lowest BCUT2D eigenvalue weighted by Crippen LogP contribution is -2.44. The van der Waals surface area contributed by atoms with E-state index in [1.165, 1.54) is 0 Å². The number of carbonyl (C=O) groups is 3. The molecule has 1 fully saturated rings. The van der Waals surface area contributed by atoms with Gasteiger partial charge < -0.3 is 24.1 Å². The molecule has 9 nitrogen and oxygen atoms in total. The first-order valence-electron chi connectivity index (χ1n) is 6.01. The van der Waals surface area contributed by atoms with Crippen LogP contribution in [0.3, 0.4) is 0 Å². The predicted octanol–water partition coefficient (Wildman–Crippen LogP) is -0.978. The van der Waals surface area contributed by atoms with Gasteiger partial charge in [-0.3, -0.25) is 14.4 Å². The van der Waals surface area contributed by atoms with E-state index in [0.717, 1.165) is 20.8 Å². The van der Waals surface area contributed by atoms with Crippen LogP contribution in [0.4, 0.5) is 0 Å². The van der Waals surface area contributed by atoms with Crippen LogP contribution >= 0.6 is 0 Å². The van der Waals surface area contributed by atoms with Crippen molar-refractivity contribution in [2.24, 2.45) is 0 Å². The van der Waals surface area contributed by atoms with Crippen molar-refractivity contribution in [1.82, 2.24) is 0 Å². The summed E-state index contributed by atoms with van der Waals surface area (Å²) in [7, 11) is 0. The standard InChI is InChI=1S/C12H15NO8/c1-5(14)18-8(4-13)9-10(19-6(2)15)11(12(17)21-9)20-7(3)16/h8-12,17H,1-3H3/t8?,9-,10-,11+,12?/m1/s1. The molecule has 0 aliphatic carbocycles. The summed E-state index contributed by atoms with van der Waals surface area (Å²) in [6.45, 7) is 3.28. The summed E-state index contributed by atoms with van der Waals surface area (Å²) in [5.41, 5.74) is 0. The summed E-state index contributed by atoms with van der Waals surface area (Å²) in [6.07, 6.45) is -6.91. The molecule has 1 aliphatic heterocycles. The van der Waals surface area contributed by atoms with Crippen molar-refractivity contribution < 1.29 is 38.4 Å². The molecule has 9 heteroatoms. The first kappa shape index (κ1) is 16.9. The molecule has 1 rings (SSSR count). The third-order valence-corrected chi connectivity index (χ3v) is 2.55.